The lowest BCUT2D eigenvalue weighted by molar-refractivity contribution is -0.126. The summed E-state index contributed by atoms with van der Waals surface area (Å²) in [7, 11) is -3.51. The smallest absolute Gasteiger partial charge is 0.243 e. The molecule has 1 fully saturated rings. The van der Waals surface area contributed by atoms with Crippen molar-refractivity contribution in [1.82, 2.24) is 9.62 Å². The SMILES string of the molecule is Cc1ccc([C@H](NC(=O)C2CCN(S(=O)(=O)c3ccccc3)CC2)c2cccs2)cc1. The Morgan fingerprint density at radius 2 is 1.68 bits per heavy atom. The maximum absolute atomic E-state index is 13.1. The van der Waals surface area contributed by atoms with Crippen LogP contribution in [0.25, 0.3) is 0 Å². The molecule has 2 heterocycles. The number of sulfonamides is 1. The molecule has 2 aromatic carbocycles. The van der Waals surface area contributed by atoms with Crippen LogP contribution in [0.4, 0.5) is 0 Å². The van der Waals surface area contributed by atoms with Crippen LogP contribution in [0.5, 0.6) is 0 Å². The fraction of sp³-hybridized carbons (Fsp3) is 0.292. The Balaban J connectivity index is 1.43. The maximum Gasteiger partial charge on any atom is 0.243 e. The Hall–Kier alpha value is -2.48. The van der Waals surface area contributed by atoms with Gasteiger partial charge >= 0.3 is 0 Å². The largest absolute Gasteiger partial charge is 0.344 e. The van der Waals surface area contributed by atoms with Crippen molar-refractivity contribution in [3.63, 3.8) is 0 Å². The third-order valence-electron chi connectivity index (χ3n) is 5.73. The van der Waals surface area contributed by atoms with Gasteiger partial charge in [-0.05, 0) is 48.9 Å². The lowest BCUT2D eigenvalue weighted by atomic mass is 9.95. The third kappa shape index (κ3) is 4.89. The Labute approximate surface area is 187 Å². The van der Waals surface area contributed by atoms with Crippen LogP contribution < -0.4 is 5.32 Å². The molecule has 5 nitrogen and oxygen atoms in total. The van der Waals surface area contributed by atoms with Crippen molar-refractivity contribution in [1.29, 1.82) is 0 Å². The number of hydrogen-bond acceptors (Lipinski definition) is 4. The molecule has 0 aliphatic carbocycles. The molecule has 162 valence electrons. The number of carbonyl (C=O) groups excluding carboxylic acids is 1. The van der Waals surface area contributed by atoms with Gasteiger partial charge in [0.1, 0.15) is 0 Å². The first-order chi connectivity index (χ1) is 14.9. The van der Waals surface area contributed by atoms with Crippen molar-refractivity contribution in [2.75, 3.05) is 13.1 Å². The lowest BCUT2D eigenvalue weighted by Crippen LogP contribution is -2.43. The Bertz CT molecular complexity index is 1100. The number of nitrogens with zero attached hydrogens (tertiary/aromatic N) is 1. The van der Waals surface area contributed by atoms with Gasteiger partial charge in [-0.15, -0.1) is 11.3 Å². The van der Waals surface area contributed by atoms with Crippen LogP contribution in [0.1, 0.15) is 34.9 Å². The van der Waals surface area contributed by atoms with E-state index in [0.29, 0.717) is 30.8 Å². The van der Waals surface area contributed by atoms with Gasteiger partial charge in [-0.3, -0.25) is 4.79 Å². The van der Waals surface area contributed by atoms with E-state index < -0.39 is 10.0 Å². The highest BCUT2D eigenvalue weighted by Crippen LogP contribution is 2.29. The number of aryl methyl sites for hydroxylation is 1. The van der Waals surface area contributed by atoms with Crippen LogP contribution in [0.3, 0.4) is 0 Å². The summed E-state index contributed by atoms with van der Waals surface area (Å²) in [5, 5.41) is 5.22. The first-order valence-electron chi connectivity index (χ1n) is 10.4. The molecule has 1 aliphatic rings. The van der Waals surface area contributed by atoms with E-state index in [2.05, 4.69) is 29.6 Å². The molecule has 7 heteroatoms. The van der Waals surface area contributed by atoms with Crippen LogP contribution in [-0.2, 0) is 14.8 Å². The molecule has 0 spiro atoms. The van der Waals surface area contributed by atoms with E-state index in [0.717, 1.165) is 10.4 Å². The van der Waals surface area contributed by atoms with Gasteiger partial charge in [-0.25, -0.2) is 8.42 Å². The van der Waals surface area contributed by atoms with Gasteiger partial charge in [0.2, 0.25) is 15.9 Å². The molecule has 1 amide bonds. The highest BCUT2D eigenvalue weighted by atomic mass is 32.2. The molecular weight excluding hydrogens is 428 g/mol. The van der Waals surface area contributed by atoms with E-state index in [9.17, 15) is 13.2 Å². The van der Waals surface area contributed by atoms with Gasteiger partial charge in [-0.1, -0.05) is 54.1 Å². The van der Waals surface area contributed by atoms with E-state index >= 15 is 0 Å². The van der Waals surface area contributed by atoms with E-state index in [1.54, 1.807) is 41.7 Å². The summed E-state index contributed by atoms with van der Waals surface area (Å²) in [6.45, 7) is 2.74. The molecule has 31 heavy (non-hydrogen) atoms. The van der Waals surface area contributed by atoms with Crippen LogP contribution in [0.2, 0.25) is 0 Å². The number of nitrogens with one attached hydrogen (secondary N) is 1. The van der Waals surface area contributed by atoms with Crippen molar-refractivity contribution in [2.45, 2.75) is 30.7 Å². The number of benzene rings is 2. The third-order valence-corrected chi connectivity index (χ3v) is 8.58. The number of hydrogen-bond donors (Lipinski definition) is 1. The summed E-state index contributed by atoms with van der Waals surface area (Å²) in [6.07, 6.45) is 1.03. The van der Waals surface area contributed by atoms with Crippen molar-refractivity contribution in [2.24, 2.45) is 5.92 Å². The minimum atomic E-state index is -3.51. The monoisotopic (exact) mass is 454 g/mol. The second kappa shape index (κ2) is 9.34. The average molecular weight is 455 g/mol. The number of thiophene rings is 1. The van der Waals surface area contributed by atoms with E-state index in [1.807, 2.05) is 24.4 Å². The fourth-order valence-electron chi connectivity index (χ4n) is 3.89. The molecule has 0 unspecified atom stereocenters. The quantitative estimate of drug-likeness (QED) is 0.602. The highest BCUT2D eigenvalue weighted by Gasteiger charge is 2.33. The van der Waals surface area contributed by atoms with Crippen LogP contribution in [-0.4, -0.2) is 31.7 Å². The fourth-order valence-corrected chi connectivity index (χ4v) is 6.19. The van der Waals surface area contributed by atoms with Crippen LogP contribution in [0, 0.1) is 12.8 Å². The van der Waals surface area contributed by atoms with Crippen molar-refractivity contribution >= 4 is 27.3 Å². The predicted molar refractivity (Wildman–Crippen MR) is 123 cm³/mol. The van der Waals surface area contributed by atoms with Crippen LogP contribution >= 0.6 is 11.3 Å². The Morgan fingerprint density at radius 3 is 2.29 bits per heavy atom. The molecule has 4 rings (SSSR count). The topological polar surface area (TPSA) is 66.5 Å². The summed E-state index contributed by atoms with van der Waals surface area (Å²) in [5.41, 5.74) is 2.22. The standard InChI is InChI=1S/C24H26N2O3S2/c1-18-9-11-19(12-10-18)23(22-8-5-17-30-22)25-24(27)20-13-15-26(16-14-20)31(28,29)21-6-3-2-4-7-21/h2-12,17,20,23H,13-16H2,1H3,(H,25,27)/t23-/m0/s1. The maximum atomic E-state index is 13.1. The molecule has 1 aliphatic heterocycles. The molecule has 1 saturated heterocycles. The minimum absolute atomic E-state index is 0.0178. The normalized spacial score (nSPS) is 16.7. The van der Waals surface area contributed by atoms with Crippen molar-refractivity contribution < 1.29 is 13.2 Å². The second-order valence-electron chi connectivity index (χ2n) is 7.86. The first-order valence-corrected chi connectivity index (χ1v) is 12.7. The molecule has 1 N–H and O–H groups in total. The summed E-state index contributed by atoms with van der Waals surface area (Å²) >= 11 is 1.62. The number of piperidine rings is 1. The van der Waals surface area contributed by atoms with Gasteiger partial charge < -0.3 is 5.32 Å². The van der Waals surface area contributed by atoms with Crippen molar-refractivity contribution in [3.8, 4) is 0 Å². The second-order valence-corrected chi connectivity index (χ2v) is 10.8. The first kappa shape index (κ1) is 21.7. The van der Waals surface area contributed by atoms with Gasteiger partial charge in [0.05, 0.1) is 10.9 Å². The van der Waals surface area contributed by atoms with Crippen molar-refractivity contribution in [3.05, 3.63) is 88.1 Å². The van der Waals surface area contributed by atoms with E-state index in [1.165, 1.54) is 9.87 Å². The summed E-state index contributed by atoms with van der Waals surface area (Å²) in [6, 6.07) is 20.5. The van der Waals surface area contributed by atoms with E-state index in [4.69, 9.17) is 0 Å². The average Bonchev–Trinajstić information content (AvgIpc) is 3.33. The number of rotatable bonds is 6. The van der Waals surface area contributed by atoms with Gasteiger partial charge in [0.25, 0.3) is 0 Å². The molecule has 0 bridgehead atoms. The summed E-state index contributed by atoms with van der Waals surface area (Å²) in [4.78, 5) is 14.5. The summed E-state index contributed by atoms with van der Waals surface area (Å²) < 4.78 is 27.2. The minimum Gasteiger partial charge on any atom is -0.344 e. The summed E-state index contributed by atoms with van der Waals surface area (Å²) in [5.74, 6) is -0.217. The van der Waals surface area contributed by atoms with Crippen LogP contribution in [0.15, 0.2) is 77.0 Å². The van der Waals surface area contributed by atoms with Gasteiger partial charge in [0, 0.05) is 23.9 Å². The lowest BCUT2D eigenvalue weighted by Gasteiger charge is -2.31. The molecule has 1 aromatic heterocycles. The van der Waals surface area contributed by atoms with E-state index in [-0.39, 0.29) is 17.9 Å². The number of amides is 1. The predicted octanol–water partition coefficient (Wildman–Crippen LogP) is 4.36. The molecule has 0 radical (unpaired) electrons. The number of carbonyl (C=O) groups is 1. The zero-order valence-corrected chi connectivity index (χ0v) is 19.0. The molecule has 3 aromatic rings. The Morgan fingerprint density at radius 1 is 1.00 bits per heavy atom. The van der Waals surface area contributed by atoms with Gasteiger partial charge in [0.15, 0.2) is 0 Å². The zero-order valence-electron chi connectivity index (χ0n) is 17.4. The molecule has 0 saturated carbocycles. The highest BCUT2D eigenvalue weighted by molar-refractivity contribution is 7.89. The van der Waals surface area contributed by atoms with Gasteiger partial charge in [-0.2, -0.15) is 4.31 Å². The zero-order chi connectivity index (χ0) is 21.8. The molecule has 1 atom stereocenters. The molecular formula is C24H26N2O3S2. The Kier molecular flexibility index (Phi) is 6.55.